The Kier molecular flexibility index (Phi) is 3.85. The molecule has 4 nitrogen and oxygen atoms in total. The van der Waals surface area contributed by atoms with E-state index >= 15 is 0 Å². The predicted molar refractivity (Wildman–Crippen MR) is 78.6 cm³/mol. The molecule has 98 valence electrons. The van der Waals surface area contributed by atoms with Crippen LogP contribution in [0.2, 0.25) is 0 Å². The van der Waals surface area contributed by atoms with Crippen molar-refractivity contribution in [3.63, 3.8) is 0 Å². The molecule has 19 heavy (non-hydrogen) atoms. The van der Waals surface area contributed by atoms with Gasteiger partial charge in [0.2, 0.25) is 0 Å². The summed E-state index contributed by atoms with van der Waals surface area (Å²) in [6, 6.07) is 6.88. The fourth-order valence-electron chi connectivity index (χ4n) is 1.62. The lowest BCUT2D eigenvalue weighted by molar-refractivity contribution is 0.102. The molecule has 0 aliphatic rings. The number of H-pyrrole nitrogens is 1. The number of hydrogen-bond donors (Lipinski definition) is 2. The molecule has 0 atom stereocenters. The summed E-state index contributed by atoms with van der Waals surface area (Å²) in [6.07, 6.45) is 1.43. The predicted octanol–water partition coefficient (Wildman–Crippen LogP) is 3.01. The zero-order valence-corrected chi connectivity index (χ0v) is 12.2. The molecule has 1 heterocycles. The van der Waals surface area contributed by atoms with Crippen molar-refractivity contribution < 1.29 is 4.79 Å². The molecule has 0 spiro atoms. The van der Waals surface area contributed by atoms with E-state index in [9.17, 15) is 9.59 Å². The average molecular weight is 321 g/mol. The molecule has 2 N–H and O–H groups in total. The lowest BCUT2D eigenvalue weighted by Gasteiger charge is -2.06. The molecular weight excluding hydrogens is 308 g/mol. The molecular formula is C14H13BrN2O2. The normalized spacial score (nSPS) is 10.3. The zero-order valence-electron chi connectivity index (χ0n) is 10.6. The van der Waals surface area contributed by atoms with Crippen molar-refractivity contribution in [2.45, 2.75) is 13.8 Å². The number of halogens is 1. The summed E-state index contributed by atoms with van der Waals surface area (Å²) in [6.45, 7) is 3.72. The second kappa shape index (κ2) is 5.40. The van der Waals surface area contributed by atoms with Crippen molar-refractivity contribution in [3.8, 4) is 0 Å². The summed E-state index contributed by atoms with van der Waals surface area (Å²) in [5.41, 5.74) is 2.25. The highest BCUT2D eigenvalue weighted by atomic mass is 79.9. The topological polar surface area (TPSA) is 62.0 Å². The van der Waals surface area contributed by atoms with Crippen molar-refractivity contribution in [2.24, 2.45) is 0 Å². The number of aromatic nitrogens is 1. The van der Waals surface area contributed by atoms with E-state index in [4.69, 9.17) is 0 Å². The van der Waals surface area contributed by atoms with E-state index in [2.05, 4.69) is 26.2 Å². The van der Waals surface area contributed by atoms with Crippen LogP contribution in [0.3, 0.4) is 0 Å². The Morgan fingerprint density at radius 3 is 2.63 bits per heavy atom. The van der Waals surface area contributed by atoms with Gasteiger partial charge in [0.25, 0.3) is 5.91 Å². The zero-order chi connectivity index (χ0) is 14.0. The number of anilines is 1. The maximum atomic E-state index is 12.0. The number of benzene rings is 1. The number of aryl methyl sites for hydroxylation is 2. The molecule has 0 fully saturated rings. The molecule has 0 radical (unpaired) electrons. The van der Waals surface area contributed by atoms with E-state index in [1.807, 2.05) is 13.0 Å². The Balaban J connectivity index is 2.25. The molecule has 2 aromatic rings. The van der Waals surface area contributed by atoms with E-state index in [0.29, 0.717) is 5.69 Å². The highest BCUT2D eigenvalue weighted by molar-refractivity contribution is 9.10. The monoisotopic (exact) mass is 320 g/mol. The summed E-state index contributed by atoms with van der Waals surface area (Å²) in [4.78, 5) is 26.6. The minimum absolute atomic E-state index is 0.0993. The number of carbonyl (C=O) groups is 1. The van der Waals surface area contributed by atoms with Gasteiger partial charge >= 0.3 is 0 Å². The molecule has 0 saturated heterocycles. The van der Waals surface area contributed by atoms with Crippen LogP contribution in [0.5, 0.6) is 0 Å². The fraction of sp³-hybridized carbons (Fsp3) is 0.143. The summed E-state index contributed by atoms with van der Waals surface area (Å²) in [5.74, 6) is -0.419. The molecule has 1 amide bonds. The SMILES string of the molecule is Cc1cc(=O)c(C(=O)Nc2ccc(C)c(Br)c2)c[nH]1. The van der Waals surface area contributed by atoms with Gasteiger partial charge in [-0.15, -0.1) is 0 Å². The minimum atomic E-state index is -0.419. The van der Waals surface area contributed by atoms with Crippen molar-refractivity contribution in [3.05, 3.63) is 62.0 Å². The number of rotatable bonds is 2. The minimum Gasteiger partial charge on any atom is -0.364 e. The Morgan fingerprint density at radius 1 is 1.26 bits per heavy atom. The van der Waals surface area contributed by atoms with Crippen molar-refractivity contribution in [1.82, 2.24) is 4.98 Å². The fourth-order valence-corrected chi connectivity index (χ4v) is 2.00. The van der Waals surface area contributed by atoms with Crippen molar-refractivity contribution in [1.29, 1.82) is 0 Å². The molecule has 0 unspecified atom stereocenters. The smallest absolute Gasteiger partial charge is 0.261 e. The Hall–Kier alpha value is -1.88. The summed E-state index contributed by atoms with van der Waals surface area (Å²) in [5, 5.41) is 2.70. The number of aromatic amines is 1. The van der Waals surface area contributed by atoms with E-state index < -0.39 is 5.91 Å². The van der Waals surface area contributed by atoms with Gasteiger partial charge in [-0.1, -0.05) is 22.0 Å². The van der Waals surface area contributed by atoms with Crippen LogP contribution in [0.15, 0.2) is 39.7 Å². The quantitative estimate of drug-likeness (QED) is 0.893. The number of pyridine rings is 1. The third kappa shape index (κ3) is 3.12. The second-order valence-electron chi connectivity index (χ2n) is 4.31. The van der Waals surface area contributed by atoms with E-state index in [-0.39, 0.29) is 11.0 Å². The van der Waals surface area contributed by atoms with Crippen LogP contribution >= 0.6 is 15.9 Å². The summed E-state index contributed by atoms with van der Waals surface area (Å²) >= 11 is 3.40. The summed E-state index contributed by atoms with van der Waals surface area (Å²) < 4.78 is 0.906. The largest absolute Gasteiger partial charge is 0.364 e. The molecule has 0 aliphatic heterocycles. The van der Waals surface area contributed by atoms with Crippen LogP contribution in [0.1, 0.15) is 21.6 Å². The van der Waals surface area contributed by atoms with Gasteiger partial charge in [0.1, 0.15) is 5.56 Å². The summed E-state index contributed by atoms with van der Waals surface area (Å²) in [7, 11) is 0. The Morgan fingerprint density at radius 2 is 2.00 bits per heavy atom. The van der Waals surface area contributed by atoms with Gasteiger partial charge in [-0.2, -0.15) is 0 Å². The van der Waals surface area contributed by atoms with Crippen molar-refractivity contribution >= 4 is 27.5 Å². The molecule has 1 aromatic heterocycles. The van der Waals surface area contributed by atoms with Gasteiger partial charge in [-0.3, -0.25) is 9.59 Å². The van der Waals surface area contributed by atoms with E-state index in [0.717, 1.165) is 15.7 Å². The molecule has 0 saturated carbocycles. The first-order valence-electron chi connectivity index (χ1n) is 5.74. The van der Waals surface area contributed by atoms with Crippen LogP contribution in [0.4, 0.5) is 5.69 Å². The highest BCUT2D eigenvalue weighted by Gasteiger charge is 2.10. The van der Waals surface area contributed by atoms with Gasteiger partial charge in [-0.25, -0.2) is 0 Å². The number of amides is 1. The second-order valence-corrected chi connectivity index (χ2v) is 5.17. The van der Waals surface area contributed by atoms with E-state index in [1.54, 1.807) is 19.1 Å². The lowest BCUT2D eigenvalue weighted by atomic mass is 10.2. The first-order valence-corrected chi connectivity index (χ1v) is 6.53. The molecule has 5 heteroatoms. The first-order chi connectivity index (χ1) is 8.97. The van der Waals surface area contributed by atoms with E-state index in [1.165, 1.54) is 12.3 Å². The third-order valence-corrected chi connectivity index (χ3v) is 3.59. The number of carbonyl (C=O) groups excluding carboxylic acids is 1. The van der Waals surface area contributed by atoms with Crippen LogP contribution in [-0.4, -0.2) is 10.9 Å². The maximum absolute atomic E-state index is 12.0. The van der Waals surface area contributed by atoms with Gasteiger partial charge in [0.15, 0.2) is 5.43 Å². The molecule has 0 bridgehead atoms. The average Bonchev–Trinajstić information content (AvgIpc) is 2.33. The Bertz CT molecular complexity index is 692. The molecule has 0 aliphatic carbocycles. The van der Waals surface area contributed by atoms with Crippen LogP contribution in [0.25, 0.3) is 0 Å². The number of hydrogen-bond acceptors (Lipinski definition) is 2. The highest BCUT2D eigenvalue weighted by Crippen LogP contribution is 2.20. The van der Waals surface area contributed by atoms with Crippen molar-refractivity contribution in [2.75, 3.05) is 5.32 Å². The lowest BCUT2D eigenvalue weighted by Crippen LogP contribution is -2.21. The van der Waals surface area contributed by atoms with Gasteiger partial charge in [0, 0.05) is 28.1 Å². The molecule has 1 aromatic carbocycles. The van der Waals surface area contributed by atoms with Crippen LogP contribution in [-0.2, 0) is 0 Å². The van der Waals surface area contributed by atoms with Gasteiger partial charge in [-0.05, 0) is 31.5 Å². The maximum Gasteiger partial charge on any atom is 0.261 e. The Labute approximate surface area is 119 Å². The van der Waals surface area contributed by atoms with Crippen LogP contribution < -0.4 is 10.7 Å². The third-order valence-electron chi connectivity index (χ3n) is 2.73. The first kappa shape index (κ1) is 13.5. The standard InChI is InChI=1S/C14H13BrN2O2/c1-8-3-4-10(6-12(8)15)17-14(19)11-7-16-9(2)5-13(11)18/h3-7H,1-2H3,(H,16,18)(H,17,19). The number of nitrogens with one attached hydrogen (secondary N) is 2. The van der Waals surface area contributed by atoms with Crippen LogP contribution in [0, 0.1) is 13.8 Å². The molecule has 2 rings (SSSR count). The van der Waals surface area contributed by atoms with Gasteiger partial charge in [0.05, 0.1) is 0 Å². The van der Waals surface area contributed by atoms with Gasteiger partial charge < -0.3 is 10.3 Å².